The highest BCUT2D eigenvalue weighted by Crippen LogP contribution is 2.17. The number of carbonyl (C=O) groups excluding carboxylic acids is 2. The van der Waals surface area contributed by atoms with Crippen molar-refractivity contribution in [2.24, 2.45) is 11.8 Å². The van der Waals surface area contributed by atoms with Crippen LogP contribution in [0.1, 0.15) is 49.4 Å². The van der Waals surface area contributed by atoms with Crippen molar-refractivity contribution in [3.63, 3.8) is 0 Å². The van der Waals surface area contributed by atoms with Gasteiger partial charge in [0.05, 0.1) is 17.6 Å². The number of amides is 2. The number of rotatable bonds is 9. The van der Waals surface area contributed by atoms with Gasteiger partial charge in [0.15, 0.2) is 0 Å². The molecule has 3 rings (SSSR count). The number of hydrogen-bond donors (Lipinski definition) is 1. The van der Waals surface area contributed by atoms with Crippen LogP contribution < -0.4 is 5.32 Å². The number of aryl methyl sites for hydroxylation is 1. The van der Waals surface area contributed by atoms with E-state index in [0.717, 1.165) is 29.7 Å². The van der Waals surface area contributed by atoms with Crippen LogP contribution >= 0.6 is 0 Å². The van der Waals surface area contributed by atoms with Crippen LogP contribution in [0.4, 0.5) is 0 Å². The first kappa shape index (κ1) is 23.5. The van der Waals surface area contributed by atoms with Crippen LogP contribution in [-0.2, 0) is 17.9 Å². The van der Waals surface area contributed by atoms with E-state index < -0.39 is 0 Å². The molecule has 0 aliphatic rings. The van der Waals surface area contributed by atoms with Crippen LogP contribution in [0, 0.1) is 18.8 Å². The summed E-state index contributed by atoms with van der Waals surface area (Å²) in [6, 6.07) is 15.2. The van der Waals surface area contributed by atoms with Crippen LogP contribution in [0.2, 0.25) is 0 Å². The normalized spacial score (nSPS) is 11.3. The zero-order valence-corrected chi connectivity index (χ0v) is 19.8. The summed E-state index contributed by atoms with van der Waals surface area (Å²) in [5.41, 5.74) is 3.43. The maximum absolute atomic E-state index is 13.3. The van der Waals surface area contributed by atoms with E-state index in [2.05, 4.69) is 33.0 Å². The van der Waals surface area contributed by atoms with Gasteiger partial charge in [0.2, 0.25) is 5.91 Å². The van der Waals surface area contributed by atoms with Crippen molar-refractivity contribution in [2.75, 3.05) is 13.1 Å². The van der Waals surface area contributed by atoms with Crippen molar-refractivity contribution in [3.8, 4) is 0 Å². The molecular formula is C26H34N4O2. The van der Waals surface area contributed by atoms with Gasteiger partial charge in [-0.2, -0.15) is 0 Å². The number of nitrogens with one attached hydrogen (secondary N) is 1. The summed E-state index contributed by atoms with van der Waals surface area (Å²) in [5, 5.41) is 2.96. The lowest BCUT2D eigenvalue weighted by molar-refractivity contribution is -0.132. The summed E-state index contributed by atoms with van der Waals surface area (Å²) in [6.45, 7) is 12.4. The monoisotopic (exact) mass is 434 g/mol. The standard InChI is InChI=1S/C26H34N4O2/c1-18(2)15-29(16-19(3)4)25(31)17-30-23-9-7-6-8-22(23)28-24(30)14-27-26(32)21-12-10-20(5)11-13-21/h6-13,18-19H,14-17H2,1-5H3,(H,27,32). The maximum Gasteiger partial charge on any atom is 0.251 e. The number of hydrogen-bond acceptors (Lipinski definition) is 3. The Morgan fingerprint density at radius 1 is 0.969 bits per heavy atom. The van der Waals surface area contributed by atoms with E-state index in [1.54, 1.807) is 0 Å². The minimum absolute atomic E-state index is 0.0710. The van der Waals surface area contributed by atoms with Gasteiger partial charge in [-0.3, -0.25) is 9.59 Å². The molecule has 0 saturated heterocycles. The molecule has 6 heteroatoms. The number of para-hydroxylation sites is 2. The second kappa shape index (κ2) is 10.4. The summed E-state index contributed by atoms with van der Waals surface area (Å²) in [4.78, 5) is 32.5. The van der Waals surface area contributed by atoms with E-state index in [9.17, 15) is 9.59 Å². The average molecular weight is 435 g/mol. The molecule has 1 aromatic heterocycles. The molecule has 0 aliphatic carbocycles. The molecule has 1 N–H and O–H groups in total. The van der Waals surface area contributed by atoms with E-state index in [-0.39, 0.29) is 24.9 Å². The number of nitrogens with zero attached hydrogens (tertiary/aromatic N) is 3. The summed E-state index contributed by atoms with van der Waals surface area (Å²) in [6.07, 6.45) is 0. The SMILES string of the molecule is Cc1ccc(C(=O)NCc2nc3ccccc3n2CC(=O)N(CC(C)C)CC(C)C)cc1. The molecule has 0 spiro atoms. The van der Waals surface area contributed by atoms with Crippen molar-refractivity contribution < 1.29 is 9.59 Å². The highest BCUT2D eigenvalue weighted by Gasteiger charge is 2.20. The molecule has 1 heterocycles. The summed E-state index contributed by atoms with van der Waals surface area (Å²) >= 11 is 0. The number of aromatic nitrogens is 2. The van der Waals surface area contributed by atoms with Crippen LogP contribution in [0.15, 0.2) is 48.5 Å². The summed E-state index contributed by atoms with van der Waals surface area (Å²) in [7, 11) is 0. The molecule has 170 valence electrons. The Hall–Kier alpha value is -3.15. The Morgan fingerprint density at radius 3 is 2.22 bits per heavy atom. The third-order valence-electron chi connectivity index (χ3n) is 5.27. The molecule has 0 fully saturated rings. The van der Waals surface area contributed by atoms with Gasteiger partial charge in [0.25, 0.3) is 5.91 Å². The van der Waals surface area contributed by atoms with Crippen LogP contribution in [0.25, 0.3) is 11.0 Å². The van der Waals surface area contributed by atoms with Gasteiger partial charge in [-0.15, -0.1) is 0 Å². The minimum atomic E-state index is -0.156. The van der Waals surface area contributed by atoms with Gasteiger partial charge in [-0.1, -0.05) is 57.5 Å². The van der Waals surface area contributed by atoms with Gasteiger partial charge in [-0.05, 0) is 43.0 Å². The fourth-order valence-corrected chi connectivity index (χ4v) is 3.80. The molecule has 2 amide bonds. The van der Waals surface area contributed by atoms with E-state index in [0.29, 0.717) is 23.2 Å². The third kappa shape index (κ3) is 5.96. The smallest absolute Gasteiger partial charge is 0.251 e. The second-order valence-electron chi connectivity index (χ2n) is 9.24. The summed E-state index contributed by atoms with van der Waals surface area (Å²) < 4.78 is 1.93. The first-order valence-corrected chi connectivity index (χ1v) is 11.3. The van der Waals surface area contributed by atoms with Crippen LogP contribution in [-0.4, -0.2) is 39.4 Å². The molecule has 0 atom stereocenters. The van der Waals surface area contributed by atoms with Crippen molar-refractivity contribution >= 4 is 22.8 Å². The lowest BCUT2D eigenvalue weighted by Gasteiger charge is -2.27. The molecule has 32 heavy (non-hydrogen) atoms. The van der Waals surface area contributed by atoms with Gasteiger partial charge in [-0.25, -0.2) is 4.98 Å². The minimum Gasteiger partial charge on any atom is -0.345 e. The first-order valence-electron chi connectivity index (χ1n) is 11.3. The maximum atomic E-state index is 13.3. The zero-order chi connectivity index (χ0) is 23.3. The topological polar surface area (TPSA) is 67.2 Å². The number of imidazole rings is 1. The highest BCUT2D eigenvalue weighted by atomic mass is 16.2. The molecule has 3 aromatic rings. The molecule has 2 aromatic carbocycles. The molecule has 0 radical (unpaired) electrons. The largest absolute Gasteiger partial charge is 0.345 e. The Balaban J connectivity index is 1.82. The predicted molar refractivity (Wildman–Crippen MR) is 128 cm³/mol. The van der Waals surface area contributed by atoms with Crippen molar-refractivity contribution in [1.29, 1.82) is 0 Å². The van der Waals surface area contributed by atoms with E-state index in [1.165, 1.54) is 0 Å². The van der Waals surface area contributed by atoms with Gasteiger partial charge in [0.1, 0.15) is 12.4 Å². The number of benzene rings is 2. The Kier molecular flexibility index (Phi) is 7.67. The fourth-order valence-electron chi connectivity index (χ4n) is 3.80. The first-order chi connectivity index (χ1) is 15.2. The Bertz CT molecular complexity index is 1060. The summed E-state index contributed by atoms with van der Waals surface area (Å²) in [5.74, 6) is 1.38. The van der Waals surface area contributed by atoms with E-state index in [4.69, 9.17) is 4.98 Å². The Morgan fingerprint density at radius 2 is 1.59 bits per heavy atom. The predicted octanol–water partition coefficient (Wildman–Crippen LogP) is 4.42. The van der Waals surface area contributed by atoms with E-state index >= 15 is 0 Å². The van der Waals surface area contributed by atoms with Gasteiger partial charge in [0, 0.05) is 18.7 Å². The third-order valence-corrected chi connectivity index (χ3v) is 5.27. The molecule has 0 unspecified atom stereocenters. The molecular weight excluding hydrogens is 400 g/mol. The highest BCUT2D eigenvalue weighted by molar-refractivity contribution is 5.94. The van der Waals surface area contributed by atoms with Gasteiger partial charge < -0.3 is 14.8 Å². The van der Waals surface area contributed by atoms with Crippen LogP contribution in [0.3, 0.4) is 0 Å². The average Bonchev–Trinajstić information content (AvgIpc) is 3.08. The molecule has 6 nitrogen and oxygen atoms in total. The number of fused-ring (bicyclic) bond motifs is 1. The van der Waals surface area contributed by atoms with Crippen molar-refractivity contribution in [1.82, 2.24) is 19.8 Å². The lowest BCUT2D eigenvalue weighted by atomic mass is 10.1. The van der Waals surface area contributed by atoms with Crippen molar-refractivity contribution in [2.45, 2.75) is 47.7 Å². The van der Waals surface area contributed by atoms with Crippen molar-refractivity contribution in [3.05, 3.63) is 65.5 Å². The molecule has 0 aliphatic heterocycles. The number of carbonyl (C=O) groups is 2. The second-order valence-corrected chi connectivity index (χ2v) is 9.24. The fraction of sp³-hybridized carbons (Fsp3) is 0.423. The lowest BCUT2D eigenvalue weighted by Crippen LogP contribution is -2.39. The molecule has 0 bridgehead atoms. The van der Waals surface area contributed by atoms with Crippen LogP contribution in [0.5, 0.6) is 0 Å². The molecule has 0 saturated carbocycles. The Labute approximate surface area is 190 Å². The zero-order valence-electron chi connectivity index (χ0n) is 19.8. The van der Waals surface area contributed by atoms with Gasteiger partial charge >= 0.3 is 0 Å². The quantitative estimate of drug-likeness (QED) is 0.542. The van der Waals surface area contributed by atoms with E-state index in [1.807, 2.05) is 64.9 Å².